The van der Waals surface area contributed by atoms with Crippen molar-refractivity contribution in [2.24, 2.45) is 0 Å². The van der Waals surface area contributed by atoms with E-state index in [1.165, 1.54) is 16.8 Å². The fourth-order valence-electron chi connectivity index (χ4n) is 2.75. The molecule has 3 rings (SSSR count). The first-order valence-electron chi connectivity index (χ1n) is 7.01. The lowest BCUT2D eigenvalue weighted by Crippen LogP contribution is -2.11. The van der Waals surface area contributed by atoms with Gasteiger partial charge in [0.05, 0.1) is 11.2 Å². The fraction of sp³-hybridized carbons (Fsp3) is 0.167. The van der Waals surface area contributed by atoms with Gasteiger partial charge in [-0.1, -0.05) is 17.7 Å². The van der Waals surface area contributed by atoms with Gasteiger partial charge < -0.3 is 10.6 Å². The van der Waals surface area contributed by atoms with E-state index < -0.39 is 0 Å². The summed E-state index contributed by atoms with van der Waals surface area (Å²) < 4.78 is 0. The molecule has 0 spiro atoms. The third-order valence-electron chi connectivity index (χ3n) is 3.82. The number of nitrogen functional groups attached to an aromatic ring is 1. The fourth-order valence-corrected chi connectivity index (χ4v) is 2.75. The van der Waals surface area contributed by atoms with E-state index in [1.807, 2.05) is 30.5 Å². The molecule has 3 nitrogen and oxygen atoms in total. The standard InChI is InChI=1S/C18H19N3/c1-12-4-7-17(13(2)10-12)21(3)18-8-9-20-16-11-14(19)5-6-15(16)18/h4-11H,19H2,1-3H3. The van der Waals surface area contributed by atoms with Crippen LogP contribution in [0.3, 0.4) is 0 Å². The molecule has 0 fully saturated rings. The van der Waals surface area contributed by atoms with Crippen molar-refractivity contribution in [3.63, 3.8) is 0 Å². The van der Waals surface area contributed by atoms with Gasteiger partial charge in [-0.3, -0.25) is 4.98 Å². The Labute approximate surface area is 125 Å². The van der Waals surface area contributed by atoms with Gasteiger partial charge in [-0.15, -0.1) is 0 Å². The monoisotopic (exact) mass is 277 g/mol. The topological polar surface area (TPSA) is 42.2 Å². The van der Waals surface area contributed by atoms with Crippen LogP contribution in [0, 0.1) is 13.8 Å². The molecule has 2 aromatic carbocycles. The summed E-state index contributed by atoms with van der Waals surface area (Å²) in [4.78, 5) is 6.61. The minimum absolute atomic E-state index is 0.737. The summed E-state index contributed by atoms with van der Waals surface area (Å²) in [7, 11) is 2.09. The zero-order valence-electron chi connectivity index (χ0n) is 12.6. The van der Waals surface area contributed by atoms with Crippen LogP contribution in [-0.4, -0.2) is 12.0 Å². The maximum Gasteiger partial charge on any atom is 0.0743 e. The Bertz CT molecular complexity index is 809. The largest absolute Gasteiger partial charge is 0.399 e. The summed E-state index contributed by atoms with van der Waals surface area (Å²) in [6.07, 6.45) is 1.83. The third-order valence-corrected chi connectivity index (χ3v) is 3.82. The Balaban J connectivity index is 2.15. The molecule has 0 bridgehead atoms. The molecule has 0 unspecified atom stereocenters. The van der Waals surface area contributed by atoms with Crippen LogP contribution in [0.5, 0.6) is 0 Å². The number of hydrogen-bond donors (Lipinski definition) is 1. The Hall–Kier alpha value is -2.55. The van der Waals surface area contributed by atoms with E-state index in [0.717, 1.165) is 22.3 Å². The maximum atomic E-state index is 5.85. The van der Waals surface area contributed by atoms with Crippen molar-refractivity contribution in [3.05, 3.63) is 59.8 Å². The predicted molar refractivity (Wildman–Crippen MR) is 90.1 cm³/mol. The van der Waals surface area contributed by atoms with Gasteiger partial charge in [0.15, 0.2) is 0 Å². The molecule has 3 aromatic rings. The second kappa shape index (κ2) is 5.09. The van der Waals surface area contributed by atoms with E-state index in [9.17, 15) is 0 Å². The lowest BCUT2D eigenvalue weighted by atomic mass is 10.1. The zero-order valence-corrected chi connectivity index (χ0v) is 12.6. The Kier molecular flexibility index (Phi) is 3.26. The number of fused-ring (bicyclic) bond motifs is 1. The van der Waals surface area contributed by atoms with Gasteiger partial charge in [-0.2, -0.15) is 0 Å². The van der Waals surface area contributed by atoms with E-state index >= 15 is 0 Å². The van der Waals surface area contributed by atoms with Crippen LogP contribution in [0.25, 0.3) is 10.9 Å². The van der Waals surface area contributed by atoms with Crippen LogP contribution in [-0.2, 0) is 0 Å². The van der Waals surface area contributed by atoms with E-state index in [2.05, 4.69) is 49.0 Å². The van der Waals surface area contributed by atoms with Crippen LogP contribution in [0.4, 0.5) is 17.1 Å². The Morgan fingerprint density at radius 1 is 0.952 bits per heavy atom. The van der Waals surface area contributed by atoms with Gasteiger partial charge in [-0.05, 0) is 49.7 Å². The molecule has 0 aliphatic heterocycles. The summed E-state index contributed by atoms with van der Waals surface area (Å²) >= 11 is 0. The molecule has 0 amide bonds. The van der Waals surface area contributed by atoms with Gasteiger partial charge >= 0.3 is 0 Å². The van der Waals surface area contributed by atoms with Gasteiger partial charge in [0.2, 0.25) is 0 Å². The minimum Gasteiger partial charge on any atom is -0.399 e. The highest BCUT2D eigenvalue weighted by Gasteiger charge is 2.11. The van der Waals surface area contributed by atoms with E-state index in [-0.39, 0.29) is 0 Å². The van der Waals surface area contributed by atoms with Crippen LogP contribution >= 0.6 is 0 Å². The molecule has 3 heteroatoms. The third kappa shape index (κ3) is 2.42. The summed E-state index contributed by atoms with van der Waals surface area (Å²) in [5.41, 5.74) is 12.4. The van der Waals surface area contributed by atoms with Crippen LogP contribution in [0.15, 0.2) is 48.7 Å². The highest BCUT2D eigenvalue weighted by atomic mass is 15.1. The number of benzene rings is 2. The molecule has 0 saturated carbocycles. The first-order valence-corrected chi connectivity index (χ1v) is 7.01. The molecule has 0 aliphatic carbocycles. The van der Waals surface area contributed by atoms with Crippen molar-refractivity contribution in [1.29, 1.82) is 0 Å². The number of aryl methyl sites for hydroxylation is 2. The first kappa shape index (κ1) is 13.4. The quantitative estimate of drug-likeness (QED) is 0.714. The summed E-state index contributed by atoms with van der Waals surface area (Å²) in [5, 5.41) is 1.11. The maximum absolute atomic E-state index is 5.85. The second-order valence-corrected chi connectivity index (χ2v) is 5.46. The molecule has 106 valence electrons. The van der Waals surface area contributed by atoms with Gasteiger partial charge in [-0.25, -0.2) is 0 Å². The Morgan fingerprint density at radius 3 is 2.52 bits per heavy atom. The number of anilines is 3. The van der Waals surface area contributed by atoms with Crippen LogP contribution < -0.4 is 10.6 Å². The van der Waals surface area contributed by atoms with Crippen molar-refractivity contribution in [3.8, 4) is 0 Å². The summed E-state index contributed by atoms with van der Waals surface area (Å²) in [6, 6.07) is 14.4. The van der Waals surface area contributed by atoms with Crippen molar-refractivity contribution >= 4 is 28.0 Å². The highest BCUT2D eigenvalue weighted by molar-refractivity contribution is 5.95. The predicted octanol–water partition coefficient (Wildman–Crippen LogP) is 4.20. The van der Waals surface area contributed by atoms with E-state index in [1.54, 1.807) is 0 Å². The van der Waals surface area contributed by atoms with Crippen molar-refractivity contribution in [2.75, 3.05) is 17.7 Å². The smallest absolute Gasteiger partial charge is 0.0743 e. The molecule has 2 N–H and O–H groups in total. The van der Waals surface area contributed by atoms with Crippen LogP contribution in [0.1, 0.15) is 11.1 Å². The normalized spacial score (nSPS) is 10.8. The van der Waals surface area contributed by atoms with Crippen molar-refractivity contribution in [2.45, 2.75) is 13.8 Å². The molecule has 21 heavy (non-hydrogen) atoms. The van der Waals surface area contributed by atoms with Gasteiger partial charge in [0.25, 0.3) is 0 Å². The lowest BCUT2D eigenvalue weighted by molar-refractivity contribution is 1.18. The van der Waals surface area contributed by atoms with E-state index in [0.29, 0.717) is 0 Å². The SMILES string of the molecule is Cc1ccc(N(C)c2ccnc3cc(N)ccc23)c(C)c1. The molecule has 0 aliphatic rings. The number of nitrogens with two attached hydrogens (primary N) is 1. The number of pyridine rings is 1. The number of rotatable bonds is 2. The molecular formula is C18H19N3. The Morgan fingerprint density at radius 2 is 1.76 bits per heavy atom. The zero-order chi connectivity index (χ0) is 15.0. The average Bonchev–Trinajstić information content (AvgIpc) is 2.45. The number of nitrogens with zero attached hydrogens (tertiary/aromatic N) is 2. The number of aromatic nitrogens is 1. The van der Waals surface area contributed by atoms with Crippen molar-refractivity contribution < 1.29 is 0 Å². The molecular weight excluding hydrogens is 258 g/mol. The second-order valence-electron chi connectivity index (χ2n) is 5.46. The van der Waals surface area contributed by atoms with Gasteiger partial charge in [0, 0.05) is 30.0 Å². The number of hydrogen-bond acceptors (Lipinski definition) is 3. The van der Waals surface area contributed by atoms with Gasteiger partial charge in [0.1, 0.15) is 0 Å². The summed E-state index contributed by atoms with van der Waals surface area (Å²) in [5.74, 6) is 0. The summed E-state index contributed by atoms with van der Waals surface area (Å²) in [6.45, 7) is 4.25. The molecule has 0 atom stereocenters. The van der Waals surface area contributed by atoms with Crippen LogP contribution in [0.2, 0.25) is 0 Å². The average molecular weight is 277 g/mol. The molecule has 1 aromatic heterocycles. The molecule has 1 heterocycles. The molecule has 0 radical (unpaired) electrons. The highest BCUT2D eigenvalue weighted by Crippen LogP contribution is 2.32. The minimum atomic E-state index is 0.737. The first-order chi connectivity index (χ1) is 10.1. The van der Waals surface area contributed by atoms with Crippen molar-refractivity contribution in [1.82, 2.24) is 4.98 Å². The lowest BCUT2D eigenvalue weighted by Gasteiger charge is -2.23. The molecule has 0 saturated heterocycles. The van der Waals surface area contributed by atoms with E-state index in [4.69, 9.17) is 5.73 Å².